The molecule has 8 aromatic carbocycles. The third kappa shape index (κ3) is 7.01. The Morgan fingerprint density at radius 2 is 0.923 bits per heavy atom. The second-order valence-electron chi connectivity index (χ2n) is 12.3. The van der Waals surface area contributed by atoms with Gasteiger partial charge in [0.05, 0.1) is 0 Å². The van der Waals surface area contributed by atoms with Crippen LogP contribution in [0.3, 0.4) is 0 Å². The fraction of sp³-hybridized carbons (Fsp3) is 0. The molecule has 0 atom stereocenters. The number of furan rings is 2. The minimum absolute atomic E-state index is 0.466. The van der Waals surface area contributed by atoms with E-state index in [-0.39, 0.29) is 0 Å². The Kier molecular flexibility index (Phi) is 9.92. The number of rotatable bonds is 2. The van der Waals surface area contributed by atoms with Crippen molar-refractivity contribution in [1.29, 1.82) is 0 Å². The molecule has 0 spiro atoms. The molecule has 2 heterocycles. The van der Waals surface area contributed by atoms with Crippen molar-refractivity contribution >= 4 is 132 Å². The van der Waals surface area contributed by atoms with Crippen LogP contribution in [0.4, 0.5) is 0 Å². The van der Waals surface area contributed by atoms with Gasteiger partial charge in [0.15, 0.2) is 0 Å². The molecule has 0 radical (unpaired) electrons. The van der Waals surface area contributed by atoms with Crippen molar-refractivity contribution in [3.63, 3.8) is 0 Å². The lowest BCUT2D eigenvalue weighted by molar-refractivity contribution is 0.426. The maximum Gasteiger partial charge on any atom is 0.488 e. The van der Waals surface area contributed by atoms with Crippen molar-refractivity contribution < 1.29 is 18.9 Å². The number of halogens is 3. The Labute approximate surface area is 330 Å². The zero-order valence-electron chi connectivity index (χ0n) is 27.4. The lowest BCUT2D eigenvalue weighted by atomic mass is 9.80. The number of hydrogen-bond donors (Lipinski definition) is 2. The second-order valence-corrected chi connectivity index (χ2v) is 15.4. The van der Waals surface area contributed by atoms with Crippen LogP contribution < -0.4 is 5.46 Å². The summed E-state index contributed by atoms with van der Waals surface area (Å²) >= 11 is 9.11. The average molecular weight is 918 g/mol. The molecule has 0 saturated carbocycles. The van der Waals surface area contributed by atoms with E-state index in [0.717, 1.165) is 63.6 Å². The van der Waals surface area contributed by atoms with Crippen molar-refractivity contribution in [3.8, 4) is 11.1 Å². The van der Waals surface area contributed by atoms with Crippen LogP contribution in [0.2, 0.25) is 0 Å². The highest BCUT2D eigenvalue weighted by atomic mass is 127. The van der Waals surface area contributed by atoms with Crippen molar-refractivity contribution in [2.24, 2.45) is 0 Å². The highest BCUT2D eigenvalue weighted by Gasteiger charge is 2.15. The minimum Gasteiger partial charge on any atom is -0.455 e. The lowest BCUT2D eigenvalue weighted by Gasteiger charge is -2.02. The van der Waals surface area contributed by atoms with Gasteiger partial charge in [-0.25, -0.2) is 0 Å². The Morgan fingerprint density at radius 3 is 1.46 bits per heavy atom. The fourth-order valence-electron chi connectivity index (χ4n) is 6.44. The molecule has 10 rings (SSSR count). The molecule has 0 unspecified atom stereocenters. The Bertz CT molecular complexity index is 2840. The maximum absolute atomic E-state index is 9.29. The standard InChI is InChI=1S/C22H13BrO.C16H11BO3.C6H4BrI/c23-17-9-5-14(6-10-17)16-8-12-21-20(13-16)19-11-7-15-3-1-2-4-18(15)22(19)24-21;18-17(19)11-6-8-15-14(9-11)13-7-5-10-3-1-2-4-12(10)16(13)20-15;7-5-1-3-6(8)4-2-5/h1-13H;1-9,18-19H;1-4H. The summed E-state index contributed by atoms with van der Waals surface area (Å²) in [6.07, 6.45) is 0. The number of fused-ring (bicyclic) bond motifs is 10. The first kappa shape index (κ1) is 34.6. The molecule has 52 heavy (non-hydrogen) atoms. The van der Waals surface area contributed by atoms with Crippen LogP contribution in [-0.4, -0.2) is 17.2 Å². The van der Waals surface area contributed by atoms with E-state index >= 15 is 0 Å². The SMILES string of the molecule is Brc1ccc(-c2ccc3oc4c5ccccc5ccc4c3c2)cc1.Brc1ccc(I)cc1.OB(O)c1ccc2oc3c4ccccc4ccc3c2c1. The first-order valence-electron chi connectivity index (χ1n) is 16.5. The Hall–Kier alpha value is -4.45. The first-order chi connectivity index (χ1) is 25.3. The van der Waals surface area contributed by atoms with E-state index in [4.69, 9.17) is 8.83 Å². The molecule has 4 nitrogen and oxygen atoms in total. The van der Waals surface area contributed by atoms with Crippen LogP contribution in [0.15, 0.2) is 176 Å². The van der Waals surface area contributed by atoms with Crippen molar-refractivity contribution in [2.75, 3.05) is 0 Å². The molecule has 252 valence electrons. The molecule has 0 fully saturated rings. The molecule has 0 aliphatic heterocycles. The summed E-state index contributed by atoms with van der Waals surface area (Å²) in [7, 11) is -1.47. The summed E-state index contributed by atoms with van der Waals surface area (Å²) in [4.78, 5) is 0. The molecule has 0 amide bonds. The van der Waals surface area contributed by atoms with E-state index in [1.165, 1.54) is 25.5 Å². The van der Waals surface area contributed by atoms with E-state index in [2.05, 4.69) is 152 Å². The van der Waals surface area contributed by atoms with Crippen molar-refractivity contribution in [3.05, 3.63) is 170 Å². The predicted octanol–water partition coefficient (Wildman–Crippen LogP) is 12.6. The molecule has 0 aliphatic rings. The lowest BCUT2D eigenvalue weighted by Crippen LogP contribution is -2.29. The topological polar surface area (TPSA) is 66.7 Å². The largest absolute Gasteiger partial charge is 0.488 e. The van der Waals surface area contributed by atoms with Gasteiger partial charge in [-0.1, -0.05) is 123 Å². The fourth-order valence-corrected chi connectivity index (χ4v) is 7.33. The van der Waals surface area contributed by atoms with Gasteiger partial charge >= 0.3 is 7.12 Å². The molecule has 0 bridgehead atoms. The summed E-state index contributed by atoms with van der Waals surface area (Å²) in [5.74, 6) is 0. The summed E-state index contributed by atoms with van der Waals surface area (Å²) in [5.41, 5.74) is 6.36. The highest BCUT2D eigenvalue weighted by Crippen LogP contribution is 2.37. The van der Waals surface area contributed by atoms with Gasteiger partial charge in [-0.05, 0) is 117 Å². The Morgan fingerprint density at radius 1 is 0.442 bits per heavy atom. The van der Waals surface area contributed by atoms with Gasteiger partial charge in [0.1, 0.15) is 22.3 Å². The smallest absolute Gasteiger partial charge is 0.455 e. The van der Waals surface area contributed by atoms with Crippen molar-refractivity contribution in [2.45, 2.75) is 0 Å². The van der Waals surface area contributed by atoms with Crippen LogP contribution in [0.5, 0.6) is 0 Å². The predicted molar refractivity (Wildman–Crippen MR) is 232 cm³/mol. The zero-order chi connectivity index (χ0) is 35.8. The summed E-state index contributed by atoms with van der Waals surface area (Å²) in [6.45, 7) is 0. The van der Waals surface area contributed by atoms with Gasteiger partial charge in [0.25, 0.3) is 0 Å². The van der Waals surface area contributed by atoms with Gasteiger partial charge < -0.3 is 18.9 Å². The van der Waals surface area contributed by atoms with Gasteiger partial charge in [-0.2, -0.15) is 0 Å². The van der Waals surface area contributed by atoms with Crippen LogP contribution in [0.25, 0.3) is 76.5 Å². The number of benzene rings is 8. The monoisotopic (exact) mass is 916 g/mol. The summed E-state index contributed by atoms with van der Waals surface area (Å²) in [5, 5.41) is 27.4. The molecular weight excluding hydrogens is 890 g/mol. The molecule has 2 aromatic heterocycles. The van der Waals surface area contributed by atoms with E-state index < -0.39 is 7.12 Å². The summed E-state index contributed by atoms with van der Waals surface area (Å²) < 4.78 is 15.6. The van der Waals surface area contributed by atoms with Crippen molar-refractivity contribution in [1.82, 2.24) is 0 Å². The number of hydrogen-bond acceptors (Lipinski definition) is 4. The average Bonchev–Trinajstić information content (AvgIpc) is 3.75. The molecule has 2 N–H and O–H groups in total. The van der Waals surface area contributed by atoms with Gasteiger partial charge in [-0.15, -0.1) is 0 Å². The molecule has 8 heteroatoms. The van der Waals surface area contributed by atoms with Crippen LogP contribution >= 0.6 is 54.5 Å². The quantitative estimate of drug-likeness (QED) is 0.134. The Balaban J connectivity index is 0.000000125. The van der Waals surface area contributed by atoms with E-state index in [1.54, 1.807) is 18.2 Å². The van der Waals surface area contributed by atoms with E-state index in [9.17, 15) is 10.0 Å². The second kappa shape index (κ2) is 14.9. The highest BCUT2D eigenvalue weighted by molar-refractivity contribution is 14.1. The molecule has 10 aromatic rings. The first-order valence-corrected chi connectivity index (χ1v) is 19.2. The molecule has 0 aliphatic carbocycles. The maximum atomic E-state index is 9.29. The molecular formula is C44H28BBr2IO4. The van der Waals surface area contributed by atoms with Crippen LogP contribution in [0, 0.1) is 3.57 Å². The summed E-state index contributed by atoms with van der Waals surface area (Å²) in [6, 6.07) is 53.0. The van der Waals surface area contributed by atoms with E-state index in [0.29, 0.717) is 5.46 Å². The van der Waals surface area contributed by atoms with Gasteiger partial charge in [-0.3, -0.25) is 0 Å². The zero-order valence-corrected chi connectivity index (χ0v) is 32.8. The van der Waals surface area contributed by atoms with E-state index in [1.807, 2.05) is 42.5 Å². The van der Waals surface area contributed by atoms with Gasteiger partial charge in [0.2, 0.25) is 0 Å². The van der Waals surface area contributed by atoms with Crippen LogP contribution in [-0.2, 0) is 0 Å². The molecule has 0 saturated heterocycles. The normalized spacial score (nSPS) is 11.2. The third-order valence-electron chi connectivity index (χ3n) is 9.03. The van der Waals surface area contributed by atoms with Crippen LogP contribution in [0.1, 0.15) is 0 Å². The van der Waals surface area contributed by atoms with Gasteiger partial charge in [0, 0.05) is 44.8 Å². The minimum atomic E-state index is -1.47. The third-order valence-corrected chi connectivity index (χ3v) is 10.8.